The standard InChI is InChI=1S/C13H16N2O3S/c1-9(18-8-7-16)11-12(17)15(13(19)14-11)10-5-3-2-4-6-10/h2-6,9,11,16H,7-8H2,1H3,(H,14,19). The second kappa shape index (κ2) is 6.10. The number of aliphatic hydroxyl groups excluding tert-OH is 1. The number of benzene rings is 1. The molecule has 1 aromatic carbocycles. The van der Waals surface area contributed by atoms with E-state index in [1.54, 1.807) is 6.92 Å². The van der Waals surface area contributed by atoms with E-state index in [2.05, 4.69) is 5.32 Å². The van der Waals surface area contributed by atoms with Crippen LogP contribution in [0.5, 0.6) is 0 Å². The summed E-state index contributed by atoms with van der Waals surface area (Å²) in [5.74, 6) is -0.137. The summed E-state index contributed by atoms with van der Waals surface area (Å²) >= 11 is 5.20. The molecule has 0 aliphatic carbocycles. The van der Waals surface area contributed by atoms with Crippen LogP contribution in [-0.2, 0) is 9.53 Å². The lowest BCUT2D eigenvalue weighted by molar-refractivity contribution is -0.121. The van der Waals surface area contributed by atoms with E-state index < -0.39 is 6.04 Å². The van der Waals surface area contributed by atoms with E-state index in [1.807, 2.05) is 30.3 Å². The molecule has 1 aliphatic heterocycles. The number of carbonyl (C=O) groups is 1. The number of aliphatic hydroxyl groups is 1. The van der Waals surface area contributed by atoms with Crippen molar-refractivity contribution in [2.75, 3.05) is 18.1 Å². The lowest BCUT2D eigenvalue weighted by Crippen LogP contribution is -2.41. The highest BCUT2D eigenvalue weighted by molar-refractivity contribution is 7.80. The van der Waals surface area contributed by atoms with Crippen molar-refractivity contribution in [1.29, 1.82) is 0 Å². The molecule has 1 aliphatic rings. The van der Waals surface area contributed by atoms with Crippen molar-refractivity contribution in [2.24, 2.45) is 0 Å². The van der Waals surface area contributed by atoms with E-state index in [4.69, 9.17) is 22.1 Å². The number of ether oxygens (including phenoxy) is 1. The number of para-hydroxylation sites is 1. The van der Waals surface area contributed by atoms with Gasteiger partial charge in [0, 0.05) is 0 Å². The minimum Gasteiger partial charge on any atom is -0.394 e. The van der Waals surface area contributed by atoms with Crippen LogP contribution in [-0.4, -0.2) is 41.5 Å². The Morgan fingerprint density at radius 1 is 1.47 bits per heavy atom. The summed E-state index contributed by atoms with van der Waals surface area (Å²) in [4.78, 5) is 13.8. The fourth-order valence-corrected chi connectivity index (χ4v) is 2.30. The first-order valence-corrected chi connectivity index (χ1v) is 6.48. The summed E-state index contributed by atoms with van der Waals surface area (Å²) in [6, 6.07) is 8.72. The largest absolute Gasteiger partial charge is 0.394 e. The van der Waals surface area contributed by atoms with Gasteiger partial charge in [-0.05, 0) is 31.3 Å². The Labute approximate surface area is 117 Å². The van der Waals surface area contributed by atoms with Gasteiger partial charge in [-0.3, -0.25) is 9.69 Å². The summed E-state index contributed by atoms with van der Waals surface area (Å²) in [7, 11) is 0. The monoisotopic (exact) mass is 280 g/mol. The molecule has 0 saturated carbocycles. The molecule has 5 nitrogen and oxygen atoms in total. The minimum absolute atomic E-state index is 0.0713. The maximum atomic E-state index is 12.4. The first-order chi connectivity index (χ1) is 9.15. The Morgan fingerprint density at radius 3 is 2.79 bits per heavy atom. The number of anilines is 1. The second-order valence-corrected chi connectivity index (χ2v) is 4.62. The number of carbonyl (C=O) groups excluding carboxylic acids is 1. The van der Waals surface area contributed by atoms with Crippen molar-refractivity contribution in [3.8, 4) is 0 Å². The van der Waals surface area contributed by atoms with Crippen molar-refractivity contribution in [1.82, 2.24) is 5.32 Å². The molecular weight excluding hydrogens is 264 g/mol. The van der Waals surface area contributed by atoms with Crippen molar-refractivity contribution in [2.45, 2.75) is 19.1 Å². The molecule has 0 spiro atoms. The van der Waals surface area contributed by atoms with E-state index in [-0.39, 0.29) is 25.2 Å². The number of rotatable bonds is 5. The third-order valence-corrected chi connectivity index (χ3v) is 3.22. The third kappa shape index (κ3) is 2.91. The highest BCUT2D eigenvalue weighted by Crippen LogP contribution is 2.21. The number of hydrogen-bond donors (Lipinski definition) is 2. The molecule has 1 amide bonds. The van der Waals surface area contributed by atoms with Gasteiger partial charge in [0.1, 0.15) is 6.04 Å². The molecule has 0 aromatic heterocycles. The molecule has 0 radical (unpaired) electrons. The SMILES string of the molecule is CC(OCCO)C1NC(=S)N(c2ccccc2)C1=O. The van der Waals surface area contributed by atoms with E-state index in [1.165, 1.54) is 4.90 Å². The zero-order valence-electron chi connectivity index (χ0n) is 10.6. The third-order valence-electron chi connectivity index (χ3n) is 2.92. The van der Waals surface area contributed by atoms with E-state index in [9.17, 15) is 4.79 Å². The Morgan fingerprint density at radius 2 is 2.16 bits per heavy atom. The normalized spacial score (nSPS) is 20.5. The van der Waals surface area contributed by atoms with Gasteiger partial charge < -0.3 is 15.2 Å². The predicted molar refractivity (Wildman–Crippen MR) is 75.9 cm³/mol. The number of hydrogen-bond acceptors (Lipinski definition) is 4. The van der Waals surface area contributed by atoms with Crippen LogP contribution in [0.3, 0.4) is 0 Å². The lowest BCUT2D eigenvalue weighted by Gasteiger charge is -2.18. The molecule has 2 atom stereocenters. The first kappa shape index (κ1) is 13.9. The molecule has 1 fully saturated rings. The van der Waals surface area contributed by atoms with Gasteiger partial charge in [0.05, 0.1) is 25.0 Å². The minimum atomic E-state index is -0.515. The van der Waals surface area contributed by atoms with Crippen LogP contribution >= 0.6 is 12.2 Å². The molecule has 2 N–H and O–H groups in total. The van der Waals surface area contributed by atoms with Crippen LogP contribution < -0.4 is 10.2 Å². The van der Waals surface area contributed by atoms with Crippen LogP contribution in [0, 0.1) is 0 Å². The van der Waals surface area contributed by atoms with Crippen LogP contribution in [0.4, 0.5) is 5.69 Å². The van der Waals surface area contributed by atoms with E-state index in [0.29, 0.717) is 5.11 Å². The summed E-state index contributed by atoms with van der Waals surface area (Å²) in [5, 5.41) is 12.1. The van der Waals surface area contributed by atoms with Gasteiger partial charge in [0.15, 0.2) is 5.11 Å². The fraction of sp³-hybridized carbons (Fsp3) is 0.385. The van der Waals surface area contributed by atoms with Gasteiger partial charge in [-0.2, -0.15) is 0 Å². The smallest absolute Gasteiger partial charge is 0.258 e. The van der Waals surface area contributed by atoms with Gasteiger partial charge in [-0.1, -0.05) is 18.2 Å². The highest BCUT2D eigenvalue weighted by atomic mass is 32.1. The van der Waals surface area contributed by atoms with Gasteiger partial charge in [-0.15, -0.1) is 0 Å². The Hall–Kier alpha value is -1.50. The molecular formula is C13H16N2O3S. The molecule has 102 valence electrons. The molecule has 19 heavy (non-hydrogen) atoms. The molecule has 1 saturated heterocycles. The molecule has 1 aromatic rings. The lowest BCUT2D eigenvalue weighted by atomic mass is 10.2. The summed E-state index contributed by atoms with van der Waals surface area (Å²) in [6.07, 6.45) is -0.355. The predicted octanol–water partition coefficient (Wildman–Crippen LogP) is 0.674. The number of nitrogens with one attached hydrogen (secondary N) is 1. The Bertz CT molecular complexity index is 466. The van der Waals surface area contributed by atoms with E-state index in [0.717, 1.165) is 5.69 Å². The maximum Gasteiger partial charge on any atom is 0.258 e. The van der Waals surface area contributed by atoms with Crippen molar-refractivity contribution < 1.29 is 14.6 Å². The van der Waals surface area contributed by atoms with Crippen molar-refractivity contribution >= 4 is 28.9 Å². The average molecular weight is 280 g/mol. The van der Waals surface area contributed by atoms with Gasteiger partial charge >= 0.3 is 0 Å². The van der Waals surface area contributed by atoms with E-state index >= 15 is 0 Å². The summed E-state index contributed by atoms with van der Waals surface area (Å²) < 4.78 is 5.36. The topological polar surface area (TPSA) is 61.8 Å². The van der Waals surface area contributed by atoms with Crippen LogP contribution in [0.15, 0.2) is 30.3 Å². The first-order valence-electron chi connectivity index (χ1n) is 6.07. The molecule has 2 rings (SSSR count). The fourth-order valence-electron chi connectivity index (χ4n) is 1.97. The number of thiocarbonyl (C=S) groups is 1. The summed E-state index contributed by atoms with van der Waals surface area (Å²) in [5.41, 5.74) is 0.738. The molecule has 1 heterocycles. The van der Waals surface area contributed by atoms with Crippen LogP contribution in [0.2, 0.25) is 0 Å². The number of nitrogens with zero attached hydrogens (tertiary/aromatic N) is 1. The van der Waals surface area contributed by atoms with Crippen molar-refractivity contribution in [3.05, 3.63) is 30.3 Å². The average Bonchev–Trinajstić information content (AvgIpc) is 2.72. The van der Waals surface area contributed by atoms with Gasteiger partial charge in [0.25, 0.3) is 5.91 Å². The van der Waals surface area contributed by atoms with Crippen molar-refractivity contribution in [3.63, 3.8) is 0 Å². The zero-order valence-corrected chi connectivity index (χ0v) is 11.4. The molecule has 0 bridgehead atoms. The Kier molecular flexibility index (Phi) is 4.47. The highest BCUT2D eigenvalue weighted by Gasteiger charge is 2.39. The Balaban J connectivity index is 2.13. The van der Waals surface area contributed by atoms with Crippen LogP contribution in [0.1, 0.15) is 6.92 Å². The molecule has 6 heteroatoms. The maximum absolute atomic E-state index is 12.4. The van der Waals surface area contributed by atoms with Gasteiger partial charge in [0.2, 0.25) is 0 Å². The molecule has 2 unspecified atom stereocenters. The zero-order chi connectivity index (χ0) is 13.8. The van der Waals surface area contributed by atoms with Crippen LogP contribution in [0.25, 0.3) is 0 Å². The van der Waals surface area contributed by atoms with Gasteiger partial charge in [-0.25, -0.2) is 0 Å². The number of amides is 1. The second-order valence-electron chi connectivity index (χ2n) is 4.24. The quantitative estimate of drug-likeness (QED) is 0.776. The summed E-state index contributed by atoms with van der Waals surface area (Å²) in [6.45, 7) is 1.91.